The van der Waals surface area contributed by atoms with Crippen molar-refractivity contribution in [3.05, 3.63) is 52.1 Å². The maximum absolute atomic E-state index is 12.1. The molecule has 0 aliphatic rings. The summed E-state index contributed by atoms with van der Waals surface area (Å²) in [4.78, 5) is 11.2. The number of rotatable bonds is 6. The number of anilines is 1. The fourth-order valence-electron chi connectivity index (χ4n) is 2.37. The lowest BCUT2D eigenvalue weighted by atomic mass is 10.0. The first-order valence-electron chi connectivity index (χ1n) is 7.45. The SMILES string of the molecule is CNc1cc(S(C)=O)c(Oc2ccccc2C(C)C)cc1[N+](=O)[O-]. The van der Waals surface area contributed by atoms with E-state index in [9.17, 15) is 14.3 Å². The number of benzene rings is 2. The molecule has 6 nitrogen and oxygen atoms in total. The second-order valence-corrected chi connectivity index (χ2v) is 6.92. The van der Waals surface area contributed by atoms with Crippen LogP contribution in [0, 0.1) is 10.1 Å². The third-order valence-corrected chi connectivity index (χ3v) is 4.54. The molecule has 0 spiro atoms. The number of hydrogen-bond acceptors (Lipinski definition) is 5. The van der Waals surface area contributed by atoms with Crippen molar-refractivity contribution in [2.75, 3.05) is 18.6 Å². The number of para-hydroxylation sites is 1. The summed E-state index contributed by atoms with van der Waals surface area (Å²) < 4.78 is 18.0. The van der Waals surface area contributed by atoms with Crippen LogP contribution in [-0.2, 0) is 10.8 Å². The summed E-state index contributed by atoms with van der Waals surface area (Å²) in [6.07, 6.45) is 1.52. The molecule has 0 amide bonds. The van der Waals surface area contributed by atoms with E-state index in [2.05, 4.69) is 5.32 Å². The van der Waals surface area contributed by atoms with Gasteiger partial charge in [0.25, 0.3) is 5.69 Å². The van der Waals surface area contributed by atoms with Gasteiger partial charge in [0.15, 0.2) is 5.75 Å². The maximum atomic E-state index is 12.1. The van der Waals surface area contributed by atoms with Crippen molar-refractivity contribution in [2.45, 2.75) is 24.7 Å². The van der Waals surface area contributed by atoms with Crippen LogP contribution in [0.15, 0.2) is 41.3 Å². The molecule has 2 aromatic rings. The number of nitrogens with one attached hydrogen (secondary N) is 1. The minimum atomic E-state index is -1.35. The van der Waals surface area contributed by atoms with E-state index < -0.39 is 15.7 Å². The predicted molar refractivity (Wildman–Crippen MR) is 95.6 cm³/mol. The third-order valence-electron chi connectivity index (χ3n) is 3.60. The Balaban J connectivity index is 2.59. The fraction of sp³-hybridized carbons (Fsp3) is 0.294. The van der Waals surface area contributed by atoms with Crippen LogP contribution in [0.5, 0.6) is 11.5 Å². The van der Waals surface area contributed by atoms with E-state index in [0.29, 0.717) is 16.3 Å². The van der Waals surface area contributed by atoms with Crippen LogP contribution in [0.25, 0.3) is 0 Å². The highest BCUT2D eigenvalue weighted by molar-refractivity contribution is 7.84. The molecule has 2 rings (SSSR count). The first kappa shape index (κ1) is 17.9. The minimum absolute atomic E-state index is 0.122. The zero-order valence-electron chi connectivity index (χ0n) is 14.0. The molecule has 0 aliphatic heterocycles. The van der Waals surface area contributed by atoms with Crippen LogP contribution in [0.1, 0.15) is 25.3 Å². The molecule has 1 N–H and O–H groups in total. The van der Waals surface area contributed by atoms with Gasteiger partial charge in [0.05, 0.1) is 26.7 Å². The second-order valence-electron chi connectivity index (χ2n) is 5.57. The molecular weight excluding hydrogens is 328 g/mol. The Bertz CT molecular complexity index is 790. The third kappa shape index (κ3) is 3.73. The smallest absolute Gasteiger partial charge is 0.296 e. The largest absolute Gasteiger partial charge is 0.456 e. The van der Waals surface area contributed by atoms with E-state index in [-0.39, 0.29) is 17.4 Å². The Labute approximate surface area is 143 Å². The van der Waals surface area contributed by atoms with Crippen LogP contribution in [-0.4, -0.2) is 22.4 Å². The molecule has 0 radical (unpaired) electrons. The average molecular weight is 348 g/mol. The number of ether oxygens (including phenoxy) is 1. The second kappa shape index (κ2) is 7.44. The summed E-state index contributed by atoms with van der Waals surface area (Å²) in [6.45, 7) is 4.07. The quantitative estimate of drug-likeness (QED) is 0.622. The summed E-state index contributed by atoms with van der Waals surface area (Å²) in [5.74, 6) is 1.06. The lowest BCUT2D eigenvalue weighted by Crippen LogP contribution is -2.02. The molecular formula is C17H20N2O4S. The Morgan fingerprint density at radius 3 is 2.42 bits per heavy atom. The molecule has 0 fully saturated rings. The molecule has 0 saturated carbocycles. The van der Waals surface area contributed by atoms with Gasteiger partial charge in [-0.1, -0.05) is 32.0 Å². The fourth-order valence-corrected chi connectivity index (χ4v) is 3.04. The van der Waals surface area contributed by atoms with Gasteiger partial charge in [0.2, 0.25) is 0 Å². The molecule has 0 bridgehead atoms. The van der Waals surface area contributed by atoms with Gasteiger partial charge in [0, 0.05) is 13.3 Å². The standard InChI is InChI=1S/C17H20N2O4S/c1-11(2)12-7-5-6-8-15(12)23-16-10-14(19(20)21)13(18-3)9-17(16)24(4)22/h5-11,18H,1-4H3. The Morgan fingerprint density at radius 2 is 1.88 bits per heavy atom. The van der Waals surface area contributed by atoms with E-state index >= 15 is 0 Å². The highest BCUT2D eigenvalue weighted by Gasteiger charge is 2.21. The van der Waals surface area contributed by atoms with Gasteiger partial charge in [-0.2, -0.15) is 0 Å². The molecule has 1 unspecified atom stereocenters. The highest BCUT2D eigenvalue weighted by atomic mass is 32.2. The highest BCUT2D eigenvalue weighted by Crippen LogP contribution is 2.38. The zero-order chi connectivity index (χ0) is 17.9. The van der Waals surface area contributed by atoms with Gasteiger partial charge in [-0.3, -0.25) is 14.3 Å². The summed E-state index contributed by atoms with van der Waals surface area (Å²) in [6, 6.07) is 10.3. The van der Waals surface area contributed by atoms with Crippen LogP contribution < -0.4 is 10.1 Å². The van der Waals surface area contributed by atoms with E-state index in [4.69, 9.17) is 4.74 Å². The van der Waals surface area contributed by atoms with Crippen LogP contribution in [0.4, 0.5) is 11.4 Å². The first-order valence-corrected chi connectivity index (χ1v) is 9.01. The number of hydrogen-bond donors (Lipinski definition) is 1. The zero-order valence-corrected chi connectivity index (χ0v) is 14.8. The topological polar surface area (TPSA) is 81.5 Å². The van der Waals surface area contributed by atoms with Crippen molar-refractivity contribution in [2.24, 2.45) is 0 Å². The van der Waals surface area contributed by atoms with E-state index in [0.717, 1.165) is 5.56 Å². The van der Waals surface area contributed by atoms with Crippen molar-refractivity contribution < 1.29 is 13.9 Å². The lowest BCUT2D eigenvalue weighted by molar-refractivity contribution is -0.384. The summed E-state index contributed by atoms with van der Waals surface area (Å²) in [5, 5.41) is 14.0. The normalized spacial score (nSPS) is 12.0. The van der Waals surface area contributed by atoms with E-state index in [1.54, 1.807) is 13.1 Å². The average Bonchev–Trinajstić information content (AvgIpc) is 2.54. The van der Waals surface area contributed by atoms with Crippen LogP contribution in [0.2, 0.25) is 0 Å². The first-order chi connectivity index (χ1) is 11.3. The molecule has 0 heterocycles. The van der Waals surface area contributed by atoms with Crippen molar-refractivity contribution in [3.8, 4) is 11.5 Å². The van der Waals surface area contributed by atoms with Gasteiger partial charge in [-0.05, 0) is 23.6 Å². The van der Waals surface area contributed by atoms with Crippen molar-refractivity contribution in [3.63, 3.8) is 0 Å². The Hall–Kier alpha value is -2.41. The summed E-state index contributed by atoms with van der Waals surface area (Å²) in [7, 11) is 0.230. The van der Waals surface area contributed by atoms with Gasteiger partial charge in [0.1, 0.15) is 11.4 Å². The Kier molecular flexibility index (Phi) is 5.56. The van der Waals surface area contributed by atoms with E-state index in [1.165, 1.54) is 18.4 Å². The van der Waals surface area contributed by atoms with E-state index in [1.807, 2.05) is 32.0 Å². The molecule has 7 heteroatoms. The maximum Gasteiger partial charge on any atom is 0.296 e. The molecule has 2 aromatic carbocycles. The van der Waals surface area contributed by atoms with Gasteiger partial charge in [-0.25, -0.2) is 0 Å². The lowest BCUT2D eigenvalue weighted by Gasteiger charge is -2.16. The summed E-state index contributed by atoms with van der Waals surface area (Å²) in [5.41, 5.74) is 1.16. The number of nitrogens with zero attached hydrogens (tertiary/aromatic N) is 1. The number of nitro groups is 1. The molecule has 0 aliphatic carbocycles. The van der Waals surface area contributed by atoms with Crippen molar-refractivity contribution in [1.29, 1.82) is 0 Å². The molecule has 0 aromatic heterocycles. The van der Waals surface area contributed by atoms with Crippen molar-refractivity contribution >= 4 is 22.2 Å². The van der Waals surface area contributed by atoms with Crippen LogP contribution in [0.3, 0.4) is 0 Å². The molecule has 24 heavy (non-hydrogen) atoms. The van der Waals surface area contributed by atoms with Crippen molar-refractivity contribution in [1.82, 2.24) is 0 Å². The van der Waals surface area contributed by atoms with Gasteiger partial charge < -0.3 is 10.1 Å². The molecule has 128 valence electrons. The van der Waals surface area contributed by atoms with Gasteiger partial charge in [-0.15, -0.1) is 0 Å². The summed E-state index contributed by atoms with van der Waals surface area (Å²) >= 11 is 0. The monoisotopic (exact) mass is 348 g/mol. The van der Waals surface area contributed by atoms with Crippen LogP contribution >= 0.6 is 0 Å². The Morgan fingerprint density at radius 1 is 1.21 bits per heavy atom. The molecule has 0 saturated heterocycles. The predicted octanol–water partition coefficient (Wildman–Crippen LogP) is 4.29. The minimum Gasteiger partial charge on any atom is -0.456 e. The van der Waals surface area contributed by atoms with Gasteiger partial charge >= 0.3 is 0 Å². The number of nitro benzene ring substituents is 1. The molecule has 1 atom stereocenters.